The van der Waals surface area contributed by atoms with Crippen LogP contribution in [0.3, 0.4) is 0 Å². The fraction of sp³-hybridized carbons (Fsp3) is 0.750. The molecule has 0 aromatic rings. The van der Waals surface area contributed by atoms with Crippen molar-refractivity contribution in [3.05, 3.63) is 0 Å². The summed E-state index contributed by atoms with van der Waals surface area (Å²) in [6.07, 6.45) is 3.25. The summed E-state index contributed by atoms with van der Waals surface area (Å²) in [6, 6.07) is 0. The molecule has 2 aliphatic carbocycles. The first-order chi connectivity index (χ1) is 8.09. The van der Waals surface area contributed by atoms with E-state index in [9.17, 15) is 14.4 Å². The molecule has 0 aromatic heterocycles. The van der Waals surface area contributed by atoms with Gasteiger partial charge in [0.25, 0.3) is 0 Å². The first-order valence-electron chi connectivity index (χ1n) is 6.13. The average molecular weight is 256 g/mol. The largest absolute Gasteiger partial charge is 0.282 e. The standard InChI is InChI=1S/C12H14ClNO3/c13-8(15)3-4-14-11(16)9-6-1-2-7(5-6)10(9)12(14)17/h6-7,9-10H,1-5H2. The summed E-state index contributed by atoms with van der Waals surface area (Å²) in [6.45, 7) is 0.159. The molecule has 0 N–H and O–H groups in total. The molecule has 0 spiro atoms. The number of amides is 2. The van der Waals surface area contributed by atoms with Crippen LogP contribution in [0.4, 0.5) is 0 Å². The third-order valence-electron chi connectivity index (χ3n) is 4.55. The molecular weight excluding hydrogens is 242 g/mol. The molecule has 1 aliphatic heterocycles. The van der Waals surface area contributed by atoms with Gasteiger partial charge in [0, 0.05) is 13.0 Å². The van der Waals surface area contributed by atoms with Crippen LogP contribution in [-0.2, 0) is 14.4 Å². The lowest BCUT2D eigenvalue weighted by molar-refractivity contribution is -0.140. The number of likely N-dealkylation sites (tertiary alicyclic amines) is 1. The summed E-state index contributed by atoms with van der Waals surface area (Å²) >= 11 is 5.25. The number of halogens is 1. The third-order valence-corrected chi connectivity index (χ3v) is 4.74. The maximum absolute atomic E-state index is 12.2. The van der Waals surface area contributed by atoms with Crippen LogP contribution in [0.25, 0.3) is 0 Å². The molecule has 3 aliphatic rings. The lowest BCUT2D eigenvalue weighted by atomic mass is 9.81. The van der Waals surface area contributed by atoms with Gasteiger partial charge in [0.05, 0.1) is 11.8 Å². The molecular formula is C12H14ClNO3. The summed E-state index contributed by atoms with van der Waals surface area (Å²) in [5.41, 5.74) is 0. The van der Waals surface area contributed by atoms with Gasteiger partial charge in [-0.25, -0.2) is 0 Å². The van der Waals surface area contributed by atoms with E-state index < -0.39 is 5.24 Å². The van der Waals surface area contributed by atoms with E-state index in [4.69, 9.17) is 11.6 Å². The fourth-order valence-corrected chi connectivity index (χ4v) is 3.98. The minimum atomic E-state index is -0.495. The lowest BCUT2D eigenvalue weighted by Gasteiger charge is -2.19. The molecule has 3 fully saturated rings. The first-order valence-corrected chi connectivity index (χ1v) is 6.51. The summed E-state index contributed by atoms with van der Waals surface area (Å²) in [7, 11) is 0. The van der Waals surface area contributed by atoms with Crippen LogP contribution in [0.1, 0.15) is 25.7 Å². The van der Waals surface area contributed by atoms with Crippen molar-refractivity contribution >= 4 is 28.7 Å². The number of carbonyl (C=O) groups is 3. The van der Waals surface area contributed by atoms with Crippen LogP contribution in [-0.4, -0.2) is 28.5 Å². The molecule has 5 heteroatoms. The zero-order valence-electron chi connectivity index (χ0n) is 9.39. The van der Waals surface area contributed by atoms with E-state index in [0.717, 1.165) is 19.3 Å². The van der Waals surface area contributed by atoms with E-state index in [-0.39, 0.29) is 36.6 Å². The minimum absolute atomic E-state index is 0.0633. The Hall–Kier alpha value is -0.900. The predicted molar refractivity (Wildman–Crippen MR) is 60.0 cm³/mol. The van der Waals surface area contributed by atoms with E-state index in [1.165, 1.54) is 4.90 Å². The second-order valence-corrected chi connectivity index (χ2v) is 5.74. The van der Waals surface area contributed by atoms with Gasteiger partial charge < -0.3 is 0 Å². The van der Waals surface area contributed by atoms with Crippen LogP contribution in [0.15, 0.2) is 0 Å². The molecule has 1 heterocycles. The van der Waals surface area contributed by atoms with Crippen molar-refractivity contribution in [1.82, 2.24) is 4.90 Å². The third kappa shape index (κ3) is 1.53. The maximum atomic E-state index is 12.2. The molecule has 1 saturated heterocycles. The number of imide groups is 1. The predicted octanol–water partition coefficient (Wildman–Crippen LogP) is 1.17. The Bertz CT molecular complexity index is 381. The van der Waals surface area contributed by atoms with Crippen molar-refractivity contribution in [3.63, 3.8) is 0 Å². The molecule has 92 valence electrons. The van der Waals surface area contributed by atoms with Crippen LogP contribution < -0.4 is 0 Å². The van der Waals surface area contributed by atoms with Crippen molar-refractivity contribution in [2.24, 2.45) is 23.7 Å². The smallest absolute Gasteiger partial charge is 0.233 e. The van der Waals surface area contributed by atoms with Gasteiger partial charge in [-0.3, -0.25) is 19.3 Å². The minimum Gasteiger partial charge on any atom is -0.282 e. The summed E-state index contributed by atoms with van der Waals surface area (Å²) in [5, 5.41) is -0.495. The van der Waals surface area contributed by atoms with Gasteiger partial charge in [-0.1, -0.05) is 0 Å². The van der Waals surface area contributed by atoms with E-state index >= 15 is 0 Å². The van der Waals surface area contributed by atoms with Crippen LogP contribution in [0.2, 0.25) is 0 Å². The van der Waals surface area contributed by atoms with Crippen LogP contribution in [0.5, 0.6) is 0 Å². The van der Waals surface area contributed by atoms with E-state index in [2.05, 4.69) is 0 Å². The van der Waals surface area contributed by atoms with Gasteiger partial charge >= 0.3 is 0 Å². The summed E-state index contributed by atoms with van der Waals surface area (Å²) in [4.78, 5) is 36.3. The van der Waals surface area contributed by atoms with Crippen molar-refractivity contribution in [3.8, 4) is 0 Å². The van der Waals surface area contributed by atoms with Gasteiger partial charge in [0.1, 0.15) is 0 Å². The Morgan fingerprint density at radius 2 is 1.71 bits per heavy atom. The Labute approximate surface area is 104 Å². The molecule has 4 unspecified atom stereocenters. The summed E-state index contributed by atoms with van der Waals surface area (Å²) in [5.74, 6) is 0.491. The van der Waals surface area contributed by atoms with Crippen LogP contribution in [0, 0.1) is 23.7 Å². The summed E-state index contributed by atoms with van der Waals surface area (Å²) < 4.78 is 0. The number of hydrogen-bond acceptors (Lipinski definition) is 3. The monoisotopic (exact) mass is 255 g/mol. The van der Waals surface area contributed by atoms with E-state index in [1.54, 1.807) is 0 Å². The Balaban J connectivity index is 1.78. The van der Waals surface area contributed by atoms with Crippen molar-refractivity contribution in [1.29, 1.82) is 0 Å². The van der Waals surface area contributed by atoms with E-state index in [1.807, 2.05) is 0 Å². The second kappa shape index (κ2) is 3.80. The number of hydrogen-bond donors (Lipinski definition) is 0. The molecule has 17 heavy (non-hydrogen) atoms. The van der Waals surface area contributed by atoms with Gasteiger partial charge in [-0.05, 0) is 42.7 Å². The molecule has 4 atom stereocenters. The normalized spacial score (nSPS) is 39.0. The topological polar surface area (TPSA) is 54.5 Å². The quantitative estimate of drug-likeness (QED) is 0.562. The Kier molecular flexibility index (Phi) is 2.51. The average Bonchev–Trinajstić information content (AvgIpc) is 2.92. The Morgan fingerprint density at radius 3 is 2.18 bits per heavy atom. The second-order valence-electron chi connectivity index (χ2n) is 5.32. The van der Waals surface area contributed by atoms with Crippen molar-refractivity contribution in [2.75, 3.05) is 6.54 Å². The molecule has 2 bridgehead atoms. The molecule has 2 saturated carbocycles. The highest BCUT2D eigenvalue weighted by molar-refractivity contribution is 6.63. The highest BCUT2D eigenvalue weighted by Crippen LogP contribution is 2.56. The van der Waals surface area contributed by atoms with Gasteiger partial charge in [0.2, 0.25) is 17.1 Å². The first kappa shape index (κ1) is 11.2. The van der Waals surface area contributed by atoms with Gasteiger partial charge in [0.15, 0.2) is 0 Å². The maximum Gasteiger partial charge on any atom is 0.233 e. The molecule has 3 rings (SSSR count). The number of fused-ring (bicyclic) bond motifs is 5. The number of rotatable bonds is 3. The van der Waals surface area contributed by atoms with E-state index in [0.29, 0.717) is 11.8 Å². The molecule has 0 radical (unpaired) electrons. The highest BCUT2D eigenvalue weighted by Gasteiger charge is 2.60. The SMILES string of the molecule is O=C(Cl)CCN1C(=O)C2C3CCC(C3)C2C1=O. The van der Waals surface area contributed by atoms with Gasteiger partial charge in [-0.2, -0.15) is 0 Å². The fourth-order valence-electron chi connectivity index (χ4n) is 3.89. The zero-order valence-corrected chi connectivity index (χ0v) is 10.2. The Morgan fingerprint density at radius 1 is 1.18 bits per heavy atom. The van der Waals surface area contributed by atoms with Crippen molar-refractivity contribution < 1.29 is 14.4 Å². The molecule has 0 aromatic carbocycles. The van der Waals surface area contributed by atoms with Gasteiger partial charge in [-0.15, -0.1) is 0 Å². The molecule has 4 nitrogen and oxygen atoms in total. The zero-order chi connectivity index (χ0) is 12.2. The van der Waals surface area contributed by atoms with Crippen molar-refractivity contribution in [2.45, 2.75) is 25.7 Å². The number of nitrogens with zero attached hydrogens (tertiary/aromatic N) is 1. The lowest BCUT2D eigenvalue weighted by Crippen LogP contribution is -2.34. The number of carbonyl (C=O) groups excluding carboxylic acids is 3. The van der Waals surface area contributed by atoms with Crippen LogP contribution >= 0.6 is 11.6 Å². The molecule has 2 amide bonds. The highest BCUT2D eigenvalue weighted by atomic mass is 35.5.